The maximum Gasteiger partial charge on any atom is 0.277 e. The number of hydrogen-bond acceptors (Lipinski definition) is 8. The van der Waals surface area contributed by atoms with Crippen LogP contribution in [0.25, 0.3) is 0 Å². The molecule has 1 heterocycles. The molecule has 0 spiro atoms. The fourth-order valence-electron chi connectivity index (χ4n) is 6.08. The van der Waals surface area contributed by atoms with E-state index in [2.05, 4.69) is 15.5 Å². The number of carbonyl (C=O) groups excluding carboxylic acids is 1. The third-order valence-corrected chi connectivity index (χ3v) is 7.71. The molecule has 4 aliphatic carbocycles. The SMILES string of the molecule is COc1ccc([N+](=O)[O-])cc1NC(=O)CSc1nnc(C23CC4CC(CC(C4)C2)C3)o1. The van der Waals surface area contributed by atoms with Gasteiger partial charge in [-0.3, -0.25) is 14.9 Å². The predicted octanol–water partition coefficient (Wildman–Crippen LogP) is 4.19. The Bertz CT molecular complexity index is 988. The van der Waals surface area contributed by atoms with Crippen LogP contribution in [0.5, 0.6) is 5.75 Å². The van der Waals surface area contributed by atoms with Gasteiger partial charge in [0.15, 0.2) is 0 Å². The highest BCUT2D eigenvalue weighted by molar-refractivity contribution is 7.99. The first-order valence-corrected chi connectivity index (χ1v) is 11.5. The number of thioether (sulfide) groups is 1. The van der Waals surface area contributed by atoms with Gasteiger partial charge in [0.25, 0.3) is 10.9 Å². The third-order valence-electron chi connectivity index (χ3n) is 6.89. The lowest BCUT2D eigenvalue weighted by Crippen LogP contribution is -2.48. The average molecular weight is 445 g/mol. The summed E-state index contributed by atoms with van der Waals surface area (Å²) in [4.78, 5) is 22.9. The molecule has 0 aliphatic heterocycles. The van der Waals surface area contributed by atoms with Gasteiger partial charge in [0, 0.05) is 17.5 Å². The van der Waals surface area contributed by atoms with Crippen molar-refractivity contribution in [3.8, 4) is 5.75 Å². The van der Waals surface area contributed by atoms with E-state index in [1.54, 1.807) is 0 Å². The van der Waals surface area contributed by atoms with Gasteiger partial charge in [-0.25, -0.2) is 0 Å². The Morgan fingerprint density at radius 2 is 1.94 bits per heavy atom. The van der Waals surface area contributed by atoms with Gasteiger partial charge in [0.05, 0.1) is 23.5 Å². The molecule has 4 saturated carbocycles. The molecule has 1 aromatic heterocycles. The zero-order chi connectivity index (χ0) is 21.6. The van der Waals surface area contributed by atoms with E-state index in [4.69, 9.17) is 9.15 Å². The minimum absolute atomic E-state index is 0.0269. The van der Waals surface area contributed by atoms with Gasteiger partial charge in [-0.1, -0.05) is 11.8 Å². The molecule has 9 nitrogen and oxygen atoms in total. The number of aromatic nitrogens is 2. The Morgan fingerprint density at radius 3 is 2.55 bits per heavy atom. The zero-order valence-electron chi connectivity index (χ0n) is 17.2. The summed E-state index contributed by atoms with van der Waals surface area (Å²) in [5, 5.41) is 22.6. The molecule has 0 radical (unpaired) electrons. The largest absolute Gasteiger partial charge is 0.495 e. The van der Waals surface area contributed by atoms with Gasteiger partial charge in [0.1, 0.15) is 5.75 Å². The molecule has 164 valence electrons. The summed E-state index contributed by atoms with van der Waals surface area (Å²) < 4.78 is 11.2. The van der Waals surface area contributed by atoms with Crippen LogP contribution in [-0.2, 0) is 10.2 Å². The number of hydrogen-bond donors (Lipinski definition) is 1. The maximum atomic E-state index is 12.4. The highest BCUT2D eigenvalue weighted by Gasteiger charge is 2.54. The van der Waals surface area contributed by atoms with Crippen LogP contribution in [0.4, 0.5) is 11.4 Å². The lowest BCUT2D eigenvalue weighted by molar-refractivity contribution is -0.384. The molecule has 1 N–H and O–H groups in total. The molecule has 0 saturated heterocycles. The van der Waals surface area contributed by atoms with Crippen LogP contribution in [0.15, 0.2) is 27.8 Å². The number of methoxy groups -OCH3 is 1. The Hall–Kier alpha value is -2.62. The molecule has 0 unspecified atom stereocenters. The average Bonchev–Trinajstić information content (AvgIpc) is 3.21. The van der Waals surface area contributed by atoms with E-state index in [9.17, 15) is 14.9 Å². The molecule has 2 aromatic rings. The number of amides is 1. The van der Waals surface area contributed by atoms with Crippen molar-refractivity contribution in [1.29, 1.82) is 0 Å². The summed E-state index contributed by atoms with van der Waals surface area (Å²) in [6, 6.07) is 4.06. The summed E-state index contributed by atoms with van der Waals surface area (Å²) in [6.07, 6.45) is 7.44. The van der Waals surface area contributed by atoms with Gasteiger partial charge in [-0.2, -0.15) is 0 Å². The smallest absolute Gasteiger partial charge is 0.277 e. The molecule has 4 aliphatic rings. The van der Waals surface area contributed by atoms with E-state index in [-0.39, 0.29) is 28.4 Å². The van der Waals surface area contributed by atoms with Crippen molar-refractivity contribution in [3.05, 3.63) is 34.2 Å². The second-order valence-electron chi connectivity index (χ2n) is 9.05. The summed E-state index contributed by atoms with van der Waals surface area (Å²) in [6.45, 7) is 0. The van der Waals surface area contributed by atoms with Gasteiger partial charge in [-0.05, 0) is 62.3 Å². The number of non-ortho nitro benzene ring substituents is 1. The van der Waals surface area contributed by atoms with Crippen LogP contribution >= 0.6 is 11.8 Å². The lowest BCUT2D eigenvalue weighted by atomic mass is 9.49. The highest BCUT2D eigenvalue weighted by atomic mass is 32.2. The Kier molecular flexibility index (Phi) is 5.11. The normalized spacial score (nSPS) is 28.5. The number of nitrogens with zero attached hydrogens (tertiary/aromatic N) is 3. The molecule has 10 heteroatoms. The first kappa shape index (κ1) is 20.3. The van der Waals surface area contributed by atoms with E-state index in [0.29, 0.717) is 11.0 Å². The number of nitro groups is 1. The van der Waals surface area contributed by atoms with E-state index in [1.807, 2.05) is 0 Å². The molecule has 31 heavy (non-hydrogen) atoms. The fraction of sp³-hybridized carbons (Fsp3) is 0.571. The van der Waals surface area contributed by atoms with Crippen LogP contribution in [0.2, 0.25) is 0 Å². The third kappa shape index (κ3) is 3.88. The second-order valence-corrected chi connectivity index (χ2v) is 9.98. The predicted molar refractivity (Wildman–Crippen MR) is 113 cm³/mol. The number of rotatable bonds is 7. The van der Waals surface area contributed by atoms with Gasteiger partial charge in [-0.15, -0.1) is 10.2 Å². The number of benzene rings is 1. The Morgan fingerprint density at radius 1 is 1.26 bits per heavy atom. The van der Waals surface area contributed by atoms with E-state index in [0.717, 1.165) is 42.9 Å². The minimum atomic E-state index is -0.520. The number of nitrogens with one attached hydrogen (secondary N) is 1. The van der Waals surface area contributed by atoms with Crippen molar-refractivity contribution in [3.63, 3.8) is 0 Å². The fourth-order valence-corrected chi connectivity index (χ4v) is 6.64. The molecule has 1 aromatic carbocycles. The van der Waals surface area contributed by atoms with Crippen molar-refractivity contribution in [2.24, 2.45) is 17.8 Å². The molecule has 6 rings (SSSR count). The summed E-state index contributed by atoms with van der Waals surface area (Å²) in [5.41, 5.74) is 0.155. The maximum absolute atomic E-state index is 12.4. The summed E-state index contributed by atoms with van der Waals surface area (Å²) >= 11 is 1.17. The van der Waals surface area contributed by atoms with Crippen molar-refractivity contribution >= 4 is 29.0 Å². The molecular formula is C21H24N4O5S. The monoisotopic (exact) mass is 444 g/mol. The van der Waals surface area contributed by atoms with E-state index >= 15 is 0 Å². The van der Waals surface area contributed by atoms with E-state index < -0.39 is 4.92 Å². The minimum Gasteiger partial charge on any atom is -0.495 e. The van der Waals surface area contributed by atoms with Gasteiger partial charge < -0.3 is 14.5 Å². The lowest BCUT2D eigenvalue weighted by Gasteiger charge is -2.55. The molecule has 1 amide bonds. The van der Waals surface area contributed by atoms with Crippen LogP contribution in [0.3, 0.4) is 0 Å². The van der Waals surface area contributed by atoms with Crippen LogP contribution in [-0.4, -0.2) is 33.9 Å². The topological polar surface area (TPSA) is 120 Å². The number of anilines is 1. The van der Waals surface area contributed by atoms with Gasteiger partial charge >= 0.3 is 0 Å². The summed E-state index contributed by atoms with van der Waals surface area (Å²) in [5.74, 6) is 3.15. The molecular weight excluding hydrogens is 420 g/mol. The quantitative estimate of drug-likeness (QED) is 0.383. The Labute approximate surface area is 183 Å². The number of ether oxygens (including phenoxy) is 1. The van der Waals surface area contributed by atoms with Crippen molar-refractivity contribution in [2.75, 3.05) is 18.2 Å². The highest BCUT2D eigenvalue weighted by Crippen LogP contribution is 2.60. The van der Waals surface area contributed by atoms with Gasteiger partial charge in [0.2, 0.25) is 11.8 Å². The van der Waals surface area contributed by atoms with E-state index in [1.165, 1.54) is 56.3 Å². The van der Waals surface area contributed by atoms with Crippen molar-refractivity contribution < 1.29 is 18.9 Å². The first-order valence-electron chi connectivity index (χ1n) is 10.5. The van der Waals surface area contributed by atoms with Crippen molar-refractivity contribution in [1.82, 2.24) is 10.2 Å². The Balaban J connectivity index is 1.23. The second kappa shape index (κ2) is 7.81. The first-order chi connectivity index (χ1) is 14.9. The van der Waals surface area contributed by atoms with Crippen LogP contribution in [0.1, 0.15) is 44.4 Å². The molecule has 4 bridgehead atoms. The number of carbonyl (C=O) groups is 1. The number of nitro benzene ring substituents is 1. The van der Waals surface area contributed by atoms with Crippen molar-refractivity contribution in [2.45, 2.75) is 49.2 Å². The standard InChI is InChI=1S/C21H24N4O5S/c1-29-17-3-2-15(25(27)28)7-16(17)22-18(26)11-31-20-24-23-19(30-20)21-8-12-4-13(9-21)6-14(5-12)10-21/h2-3,7,12-14H,4-6,8-11H2,1H3,(H,22,26). The van der Waals surface area contributed by atoms with Crippen LogP contribution in [0, 0.1) is 27.9 Å². The van der Waals surface area contributed by atoms with Crippen LogP contribution < -0.4 is 10.1 Å². The zero-order valence-corrected chi connectivity index (χ0v) is 18.0. The molecule has 4 fully saturated rings. The summed E-state index contributed by atoms with van der Waals surface area (Å²) in [7, 11) is 1.44. The molecule has 0 atom stereocenters.